The van der Waals surface area contributed by atoms with Crippen LogP contribution in [0.5, 0.6) is 0 Å². The maximum atomic E-state index is 11.8. The lowest BCUT2D eigenvalue weighted by Crippen LogP contribution is -2.45. The highest BCUT2D eigenvalue weighted by molar-refractivity contribution is 5.68. The van der Waals surface area contributed by atoms with Gasteiger partial charge in [0.1, 0.15) is 5.60 Å². The second-order valence-corrected chi connectivity index (χ2v) is 6.31. The number of amides is 1. The predicted octanol–water partition coefficient (Wildman–Crippen LogP) is 2.80. The van der Waals surface area contributed by atoms with Crippen LogP contribution in [0.4, 0.5) is 4.79 Å². The van der Waals surface area contributed by atoms with Gasteiger partial charge in [0.25, 0.3) is 0 Å². The highest BCUT2D eigenvalue weighted by Gasteiger charge is 2.27. The quantitative estimate of drug-likeness (QED) is 0.793. The normalized spacial score (nSPS) is 17.2. The van der Waals surface area contributed by atoms with Gasteiger partial charge in [0.2, 0.25) is 0 Å². The molecule has 4 nitrogen and oxygen atoms in total. The number of ether oxygens (including phenoxy) is 1. The number of hydrogen-bond donors (Lipinski definition) is 2. The SMILES string of the molecule is C=C(NC1CC1)C(NC(=O)OC(C)(C)C)C(C)C. The van der Waals surface area contributed by atoms with E-state index in [-0.39, 0.29) is 18.1 Å². The fourth-order valence-corrected chi connectivity index (χ4v) is 1.67. The van der Waals surface area contributed by atoms with Gasteiger partial charge in [0.05, 0.1) is 6.04 Å². The third-order valence-electron chi connectivity index (χ3n) is 2.68. The lowest BCUT2D eigenvalue weighted by Gasteiger charge is -2.27. The topological polar surface area (TPSA) is 50.4 Å². The summed E-state index contributed by atoms with van der Waals surface area (Å²) in [5.74, 6) is 0.274. The summed E-state index contributed by atoms with van der Waals surface area (Å²) in [6, 6.07) is 0.444. The van der Waals surface area contributed by atoms with Gasteiger partial charge < -0.3 is 15.4 Å². The lowest BCUT2D eigenvalue weighted by atomic mass is 10.0. The highest BCUT2D eigenvalue weighted by atomic mass is 16.6. The Labute approximate surface area is 110 Å². The summed E-state index contributed by atoms with van der Waals surface area (Å²) in [5.41, 5.74) is 0.398. The molecule has 2 N–H and O–H groups in total. The van der Waals surface area contributed by atoms with Crippen molar-refractivity contribution in [2.75, 3.05) is 0 Å². The molecule has 1 aliphatic carbocycles. The van der Waals surface area contributed by atoms with E-state index in [1.807, 2.05) is 20.8 Å². The van der Waals surface area contributed by atoms with Gasteiger partial charge in [-0.2, -0.15) is 0 Å². The van der Waals surface area contributed by atoms with E-state index in [2.05, 4.69) is 31.1 Å². The Morgan fingerprint density at radius 3 is 2.28 bits per heavy atom. The van der Waals surface area contributed by atoms with E-state index >= 15 is 0 Å². The summed E-state index contributed by atoms with van der Waals surface area (Å²) in [7, 11) is 0. The molecule has 0 saturated heterocycles. The molecule has 0 aliphatic heterocycles. The number of hydrogen-bond acceptors (Lipinski definition) is 3. The first-order chi connectivity index (χ1) is 8.19. The average molecular weight is 254 g/mol. The van der Waals surface area contributed by atoms with Gasteiger partial charge in [0.15, 0.2) is 0 Å². The fraction of sp³-hybridized carbons (Fsp3) is 0.786. The Hall–Kier alpha value is -1.19. The summed E-state index contributed by atoms with van der Waals surface area (Å²) >= 11 is 0. The lowest BCUT2D eigenvalue weighted by molar-refractivity contribution is 0.0499. The van der Waals surface area contributed by atoms with Gasteiger partial charge in [-0.05, 0) is 39.5 Å². The number of carbonyl (C=O) groups is 1. The largest absolute Gasteiger partial charge is 0.444 e. The van der Waals surface area contributed by atoms with Crippen LogP contribution in [0, 0.1) is 5.92 Å². The van der Waals surface area contributed by atoms with Crippen LogP contribution >= 0.6 is 0 Å². The zero-order valence-electron chi connectivity index (χ0n) is 12.2. The number of nitrogens with one attached hydrogen (secondary N) is 2. The van der Waals surface area contributed by atoms with Crippen LogP contribution in [-0.4, -0.2) is 23.8 Å². The maximum absolute atomic E-state index is 11.8. The summed E-state index contributed by atoms with van der Waals surface area (Å²) in [6.07, 6.45) is 1.99. The molecule has 0 spiro atoms. The molecule has 1 amide bonds. The second kappa shape index (κ2) is 5.63. The number of rotatable bonds is 5. The maximum Gasteiger partial charge on any atom is 0.408 e. The molecule has 0 aromatic carbocycles. The number of alkyl carbamates (subject to hydrolysis) is 1. The molecule has 4 heteroatoms. The van der Waals surface area contributed by atoms with Crippen molar-refractivity contribution in [2.45, 2.75) is 65.1 Å². The van der Waals surface area contributed by atoms with Crippen molar-refractivity contribution in [1.82, 2.24) is 10.6 Å². The van der Waals surface area contributed by atoms with E-state index in [4.69, 9.17) is 4.74 Å². The van der Waals surface area contributed by atoms with E-state index < -0.39 is 5.60 Å². The average Bonchev–Trinajstić information content (AvgIpc) is 2.94. The molecular weight excluding hydrogens is 228 g/mol. The van der Waals surface area contributed by atoms with Crippen LogP contribution < -0.4 is 10.6 Å². The first kappa shape index (κ1) is 14.9. The molecule has 0 heterocycles. The molecule has 1 aliphatic rings. The van der Waals surface area contributed by atoms with Crippen molar-refractivity contribution < 1.29 is 9.53 Å². The van der Waals surface area contributed by atoms with Crippen LogP contribution in [-0.2, 0) is 4.74 Å². The molecule has 1 atom stereocenters. The molecule has 1 fully saturated rings. The van der Waals surface area contributed by atoms with Crippen molar-refractivity contribution in [2.24, 2.45) is 5.92 Å². The summed E-state index contributed by atoms with van der Waals surface area (Å²) in [4.78, 5) is 11.8. The van der Waals surface area contributed by atoms with Crippen LogP contribution in [0.15, 0.2) is 12.3 Å². The smallest absolute Gasteiger partial charge is 0.408 e. The Morgan fingerprint density at radius 2 is 1.89 bits per heavy atom. The zero-order valence-corrected chi connectivity index (χ0v) is 12.2. The highest BCUT2D eigenvalue weighted by Crippen LogP contribution is 2.22. The molecule has 0 radical (unpaired) electrons. The zero-order chi connectivity index (χ0) is 13.9. The van der Waals surface area contributed by atoms with Crippen molar-refractivity contribution in [1.29, 1.82) is 0 Å². The van der Waals surface area contributed by atoms with E-state index in [1.54, 1.807) is 0 Å². The fourth-order valence-electron chi connectivity index (χ4n) is 1.67. The Morgan fingerprint density at radius 1 is 1.33 bits per heavy atom. The molecule has 0 aromatic rings. The number of carbonyl (C=O) groups excluding carboxylic acids is 1. The van der Waals surface area contributed by atoms with Crippen molar-refractivity contribution in [3.05, 3.63) is 12.3 Å². The minimum Gasteiger partial charge on any atom is -0.444 e. The van der Waals surface area contributed by atoms with Crippen molar-refractivity contribution in [3.63, 3.8) is 0 Å². The van der Waals surface area contributed by atoms with Gasteiger partial charge >= 0.3 is 6.09 Å². The Bertz CT molecular complexity index is 314. The molecule has 104 valence electrons. The predicted molar refractivity (Wildman–Crippen MR) is 73.3 cm³/mol. The molecule has 1 saturated carbocycles. The minimum absolute atomic E-state index is 0.0968. The molecular formula is C14H26N2O2. The van der Waals surface area contributed by atoms with Crippen molar-refractivity contribution >= 4 is 6.09 Å². The van der Waals surface area contributed by atoms with Gasteiger partial charge in [-0.25, -0.2) is 4.79 Å². The molecule has 1 rings (SSSR count). The van der Waals surface area contributed by atoms with E-state index in [0.29, 0.717) is 6.04 Å². The van der Waals surface area contributed by atoms with E-state index in [0.717, 1.165) is 5.70 Å². The van der Waals surface area contributed by atoms with Crippen LogP contribution in [0.2, 0.25) is 0 Å². The van der Waals surface area contributed by atoms with E-state index in [9.17, 15) is 4.79 Å². The second-order valence-electron chi connectivity index (χ2n) is 6.31. The van der Waals surface area contributed by atoms with Crippen LogP contribution in [0.25, 0.3) is 0 Å². The standard InChI is InChI=1S/C14H26N2O2/c1-9(2)12(10(3)15-11-7-8-11)16-13(17)18-14(4,5)6/h9,11-12,15H,3,7-8H2,1-2,4-6H3,(H,16,17). The summed E-state index contributed by atoms with van der Waals surface area (Å²) in [6.45, 7) is 13.7. The van der Waals surface area contributed by atoms with Gasteiger partial charge in [-0.3, -0.25) is 0 Å². The monoisotopic (exact) mass is 254 g/mol. The third kappa shape index (κ3) is 5.43. The first-order valence-electron chi connectivity index (χ1n) is 6.64. The Balaban J connectivity index is 2.51. The van der Waals surface area contributed by atoms with Crippen LogP contribution in [0.3, 0.4) is 0 Å². The molecule has 0 aromatic heterocycles. The van der Waals surface area contributed by atoms with E-state index in [1.165, 1.54) is 12.8 Å². The third-order valence-corrected chi connectivity index (χ3v) is 2.68. The summed E-state index contributed by atoms with van der Waals surface area (Å²) < 4.78 is 5.27. The van der Waals surface area contributed by atoms with Gasteiger partial charge in [-0.15, -0.1) is 0 Å². The molecule has 0 bridgehead atoms. The van der Waals surface area contributed by atoms with Gasteiger partial charge in [0, 0.05) is 11.7 Å². The Kier molecular flexibility index (Phi) is 4.65. The van der Waals surface area contributed by atoms with Crippen molar-refractivity contribution in [3.8, 4) is 0 Å². The molecule has 1 unspecified atom stereocenters. The first-order valence-corrected chi connectivity index (χ1v) is 6.64. The molecule has 18 heavy (non-hydrogen) atoms. The van der Waals surface area contributed by atoms with Crippen LogP contribution in [0.1, 0.15) is 47.5 Å². The van der Waals surface area contributed by atoms with Gasteiger partial charge in [-0.1, -0.05) is 20.4 Å². The minimum atomic E-state index is -0.475. The summed E-state index contributed by atoms with van der Waals surface area (Å²) in [5, 5.41) is 6.22.